The molecule has 0 bridgehead atoms. The van der Waals surface area contributed by atoms with Crippen LogP contribution in [0.1, 0.15) is 37.8 Å². The molecule has 1 fully saturated rings. The lowest BCUT2D eigenvalue weighted by molar-refractivity contribution is 0.192. The molecule has 0 radical (unpaired) electrons. The van der Waals surface area contributed by atoms with Crippen LogP contribution in [0.5, 0.6) is 5.75 Å². The highest BCUT2D eigenvalue weighted by atomic mass is 16.5. The zero-order valence-corrected chi connectivity index (χ0v) is 12.9. The standard InChI is InChI=1S/C17H24N2O/c1-12(2)19-17(10-18,15-6-7-15)11-20-16-8-5-13(3)9-14(16)4/h5,8-9,12,15,19H,6-7,11H2,1-4H3. The molecule has 0 heterocycles. The Bertz CT molecular complexity index is 514. The fourth-order valence-electron chi connectivity index (χ4n) is 2.68. The number of aryl methyl sites for hydroxylation is 2. The minimum Gasteiger partial charge on any atom is -0.490 e. The summed E-state index contributed by atoms with van der Waals surface area (Å²) < 4.78 is 5.97. The first kappa shape index (κ1) is 14.9. The maximum atomic E-state index is 9.63. The van der Waals surface area contributed by atoms with Crippen molar-refractivity contribution in [1.29, 1.82) is 5.26 Å². The van der Waals surface area contributed by atoms with Crippen LogP contribution in [0.2, 0.25) is 0 Å². The monoisotopic (exact) mass is 272 g/mol. The van der Waals surface area contributed by atoms with E-state index in [-0.39, 0.29) is 6.04 Å². The minimum atomic E-state index is -0.550. The quantitative estimate of drug-likeness (QED) is 0.863. The number of hydrogen-bond donors (Lipinski definition) is 1. The molecule has 108 valence electrons. The molecule has 1 aliphatic rings. The van der Waals surface area contributed by atoms with Gasteiger partial charge in [-0.1, -0.05) is 17.7 Å². The second-order valence-corrected chi connectivity index (χ2v) is 6.21. The fourth-order valence-corrected chi connectivity index (χ4v) is 2.68. The van der Waals surface area contributed by atoms with Gasteiger partial charge in [-0.2, -0.15) is 5.26 Å². The van der Waals surface area contributed by atoms with Gasteiger partial charge < -0.3 is 4.74 Å². The third kappa shape index (κ3) is 3.32. The summed E-state index contributed by atoms with van der Waals surface area (Å²) in [5.41, 5.74) is 1.80. The van der Waals surface area contributed by atoms with Gasteiger partial charge in [0.2, 0.25) is 0 Å². The summed E-state index contributed by atoms with van der Waals surface area (Å²) in [5, 5.41) is 13.1. The SMILES string of the molecule is Cc1ccc(OCC(C#N)(NC(C)C)C2CC2)c(C)c1. The molecule has 0 spiro atoms. The van der Waals surface area contributed by atoms with E-state index < -0.39 is 5.54 Å². The predicted octanol–water partition coefficient (Wildman–Crippen LogP) is 3.35. The molecule has 20 heavy (non-hydrogen) atoms. The van der Waals surface area contributed by atoms with E-state index in [4.69, 9.17) is 4.74 Å². The van der Waals surface area contributed by atoms with Gasteiger partial charge in [0.1, 0.15) is 17.9 Å². The van der Waals surface area contributed by atoms with Crippen molar-refractivity contribution >= 4 is 0 Å². The molecule has 1 atom stereocenters. The van der Waals surface area contributed by atoms with E-state index in [1.807, 2.05) is 19.1 Å². The van der Waals surface area contributed by atoms with Gasteiger partial charge in [0.15, 0.2) is 0 Å². The number of benzene rings is 1. The summed E-state index contributed by atoms with van der Waals surface area (Å²) in [6.45, 7) is 8.68. The average molecular weight is 272 g/mol. The van der Waals surface area contributed by atoms with Crippen molar-refractivity contribution < 1.29 is 4.74 Å². The van der Waals surface area contributed by atoms with Crippen LogP contribution in [-0.4, -0.2) is 18.2 Å². The van der Waals surface area contributed by atoms with E-state index in [0.29, 0.717) is 12.5 Å². The lowest BCUT2D eigenvalue weighted by Gasteiger charge is -2.30. The van der Waals surface area contributed by atoms with Crippen molar-refractivity contribution in [3.63, 3.8) is 0 Å². The molecular weight excluding hydrogens is 248 g/mol. The second-order valence-electron chi connectivity index (χ2n) is 6.21. The Balaban J connectivity index is 2.11. The lowest BCUT2D eigenvalue weighted by Crippen LogP contribution is -2.53. The highest BCUT2D eigenvalue weighted by Gasteiger charge is 2.46. The van der Waals surface area contributed by atoms with Gasteiger partial charge >= 0.3 is 0 Å². The van der Waals surface area contributed by atoms with E-state index in [1.165, 1.54) is 5.56 Å². The van der Waals surface area contributed by atoms with Crippen molar-refractivity contribution in [2.75, 3.05) is 6.61 Å². The number of ether oxygens (including phenoxy) is 1. The highest BCUT2D eigenvalue weighted by molar-refractivity contribution is 5.36. The number of nitrogens with zero attached hydrogens (tertiary/aromatic N) is 1. The van der Waals surface area contributed by atoms with E-state index in [9.17, 15) is 5.26 Å². The minimum absolute atomic E-state index is 0.276. The van der Waals surface area contributed by atoms with Gasteiger partial charge in [-0.05, 0) is 58.1 Å². The van der Waals surface area contributed by atoms with Gasteiger partial charge in [-0.3, -0.25) is 5.32 Å². The van der Waals surface area contributed by atoms with E-state index in [0.717, 1.165) is 24.2 Å². The highest BCUT2D eigenvalue weighted by Crippen LogP contribution is 2.40. The van der Waals surface area contributed by atoms with Crippen LogP contribution in [0, 0.1) is 31.1 Å². The molecular formula is C17H24N2O. The number of rotatable bonds is 6. The molecule has 0 saturated heterocycles. The fraction of sp³-hybridized carbons (Fsp3) is 0.588. The van der Waals surface area contributed by atoms with Crippen LogP contribution < -0.4 is 10.1 Å². The van der Waals surface area contributed by atoms with Crippen molar-refractivity contribution in [1.82, 2.24) is 5.32 Å². The molecule has 2 rings (SSSR count). The van der Waals surface area contributed by atoms with Gasteiger partial charge in [0.05, 0.1) is 6.07 Å². The Labute approximate surface area is 121 Å². The first-order chi connectivity index (χ1) is 9.47. The van der Waals surface area contributed by atoms with E-state index in [2.05, 4.69) is 38.2 Å². The lowest BCUT2D eigenvalue weighted by atomic mass is 9.95. The molecule has 1 N–H and O–H groups in total. The normalized spacial score (nSPS) is 17.6. The molecule has 0 amide bonds. The summed E-state index contributed by atoms with van der Waals surface area (Å²) in [7, 11) is 0. The topological polar surface area (TPSA) is 45.0 Å². The molecule has 1 aliphatic carbocycles. The summed E-state index contributed by atoms with van der Waals surface area (Å²) >= 11 is 0. The Morgan fingerprint density at radius 1 is 1.40 bits per heavy atom. The summed E-state index contributed by atoms with van der Waals surface area (Å²) in [6, 6.07) is 8.90. The first-order valence-electron chi connectivity index (χ1n) is 7.36. The Hall–Kier alpha value is -1.53. The maximum absolute atomic E-state index is 9.63. The molecule has 3 heteroatoms. The van der Waals surface area contributed by atoms with E-state index >= 15 is 0 Å². The van der Waals surface area contributed by atoms with Gasteiger partial charge in [-0.25, -0.2) is 0 Å². The Morgan fingerprint density at radius 2 is 2.10 bits per heavy atom. The molecule has 1 unspecified atom stereocenters. The molecule has 0 aliphatic heterocycles. The average Bonchev–Trinajstić information content (AvgIpc) is 3.20. The summed E-state index contributed by atoms with van der Waals surface area (Å²) in [6.07, 6.45) is 2.23. The zero-order chi connectivity index (χ0) is 14.8. The van der Waals surface area contributed by atoms with Crippen LogP contribution in [-0.2, 0) is 0 Å². The molecule has 3 nitrogen and oxygen atoms in total. The van der Waals surface area contributed by atoms with E-state index in [1.54, 1.807) is 0 Å². The maximum Gasteiger partial charge on any atom is 0.144 e. The van der Waals surface area contributed by atoms with Crippen LogP contribution >= 0.6 is 0 Å². The van der Waals surface area contributed by atoms with Crippen LogP contribution in [0.25, 0.3) is 0 Å². The van der Waals surface area contributed by atoms with Crippen LogP contribution in [0.3, 0.4) is 0 Å². The zero-order valence-electron chi connectivity index (χ0n) is 12.9. The first-order valence-corrected chi connectivity index (χ1v) is 7.36. The smallest absolute Gasteiger partial charge is 0.144 e. The molecule has 0 aromatic heterocycles. The molecule has 1 aromatic carbocycles. The van der Waals surface area contributed by atoms with Gasteiger partial charge in [-0.15, -0.1) is 0 Å². The Kier molecular flexibility index (Phi) is 4.35. The van der Waals surface area contributed by atoms with Crippen molar-refractivity contribution in [2.45, 2.75) is 52.1 Å². The third-order valence-corrected chi connectivity index (χ3v) is 3.81. The summed E-state index contributed by atoms with van der Waals surface area (Å²) in [4.78, 5) is 0. The number of nitriles is 1. The number of hydrogen-bond acceptors (Lipinski definition) is 3. The molecule has 1 aromatic rings. The third-order valence-electron chi connectivity index (χ3n) is 3.81. The van der Waals surface area contributed by atoms with Crippen molar-refractivity contribution in [3.05, 3.63) is 29.3 Å². The van der Waals surface area contributed by atoms with Gasteiger partial charge in [0, 0.05) is 6.04 Å². The van der Waals surface area contributed by atoms with Crippen LogP contribution in [0.4, 0.5) is 0 Å². The van der Waals surface area contributed by atoms with Crippen molar-refractivity contribution in [3.8, 4) is 11.8 Å². The summed E-state index contributed by atoms with van der Waals surface area (Å²) in [5.74, 6) is 1.29. The van der Waals surface area contributed by atoms with Crippen LogP contribution in [0.15, 0.2) is 18.2 Å². The molecule has 1 saturated carbocycles. The van der Waals surface area contributed by atoms with Gasteiger partial charge in [0.25, 0.3) is 0 Å². The van der Waals surface area contributed by atoms with Crippen molar-refractivity contribution in [2.24, 2.45) is 5.92 Å². The largest absolute Gasteiger partial charge is 0.490 e. The predicted molar refractivity (Wildman–Crippen MR) is 80.8 cm³/mol. The second kappa shape index (κ2) is 5.85. The number of nitrogens with one attached hydrogen (secondary N) is 1. The Morgan fingerprint density at radius 3 is 2.60 bits per heavy atom.